The fraction of sp³-hybridized carbons (Fsp3) is 0.444. The third kappa shape index (κ3) is 8.30. The number of rotatable bonds is 8. The molecule has 2 N–H and O–H groups in total. The first-order valence-corrected chi connectivity index (χ1v) is 14.5. The molecule has 4 heteroatoms. The van der Waals surface area contributed by atoms with E-state index in [9.17, 15) is 10.2 Å². The van der Waals surface area contributed by atoms with Crippen LogP contribution in [-0.2, 0) is 23.7 Å². The molecule has 3 aromatic carbocycles. The Morgan fingerprint density at radius 1 is 0.625 bits per heavy atom. The zero-order chi connectivity index (χ0) is 29.8. The van der Waals surface area contributed by atoms with Crippen molar-refractivity contribution in [1.29, 1.82) is 0 Å². The van der Waals surface area contributed by atoms with Gasteiger partial charge in [-0.2, -0.15) is 0 Å². The molecule has 0 aromatic heterocycles. The van der Waals surface area contributed by atoms with E-state index in [0.29, 0.717) is 11.8 Å². The van der Waals surface area contributed by atoms with E-state index in [0.717, 1.165) is 46.5 Å². The first-order valence-electron chi connectivity index (χ1n) is 14.5. The molecule has 0 bridgehead atoms. The normalized spacial score (nSPS) is 12.9. The molecule has 0 atom stereocenters. The van der Waals surface area contributed by atoms with Crippen molar-refractivity contribution in [2.24, 2.45) is 21.8 Å². The lowest BCUT2D eigenvalue weighted by Gasteiger charge is -2.23. The van der Waals surface area contributed by atoms with Crippen LogP contribution in [0.3, 0.4) is 0 Å². The maximum absolute atomic E-state index is 11.1. The van der Waals surface area contributed by atoms with Gasteiger partial charge in [0.25, 0.3) is 0 Å². The number of hydrogen-bond acceptors (Lipinski definition) is 4. The summed E-state index contributed by atoms with van der Waals surface area (Å²) in [5, 5.41) is 22.1. The Morgan fingerprint density at radius 2 is 1.00 bits per heavy atom. The van der Waals surface area contributed by atoms with Crippen LogP contribution in [0.2, 0.25) is 0 Å². The maximum Gasteiger partial charge on any atom is 0.128 e. The smallest absolute Gasteiger partial charge is 0.128 e. The van der Waals surface area contributed by atoms with Crippen LogP contribution >= 0.6 is 0 Å². The third-order valence-corrected chi connectivity index (χ3v) is 6.84. The minimum Gasteiger partial charge on any atom is -0.507 e. The van der Waals surface area contributed by atoms with E-state index in [2.05, 4.69) is 81.4 Å². The number of hydrogen-bond donors (Lipinski definition) is 2. The number of aromatic hydroxyl groups is 2. The first kappa shape index (κ1) is 31.1. The van der Waals surface area contributed by atoms with Crippen molar-refractivity contribution in [3.05, 3.63) is 81.9 Å². The molecule has 0 radical (unpaired) electrons. The summed E-state index contributed by atoms with van der Waals surface area (Å²) >= 11 is 0. The molecule has 0 fully saturated rings. The van der Waals surface area contributed by atoms with Gasteiger partial charge in [-0.1, -0.05) is 87.4 Å². The highest BCUT2D eigenvalue weighted by Crippen LogP contribution is 2.36. The lowest BCUT2D eigenvalue weighted by molar-refractivity contribution is 0.444. The fourth-order valence-electron chi connectivity index (χ4n) is 4.90. The van der Waals surface area contributed by atoms with E-state index >= 15 is 0 Å². The average molecular weight is 541 g/mol. The van der Waals surface area contributed by atoms with Gasteiger partial charge in [0.1, 0.15) is 11.5 Å². The predicted octanol–water partition coefficient (Wildman–Crippen LogP) is 9.59. The Morgan fingerprint density at radius 3 is 1.32 bits per heavy atom. The summed E-state index contributed by atoms with van der Waals surface area (Å²) in [6.45, 7) is 21.5. The summed E-state index contributed by atoms with van der Waals surface area (Å²) in [5.41, 5.74) is 6.83. The van der Waals surface area contributed by atoms with Gasteiger partial charge >= 0.3 is 0 Å². The van der Waals surface area contributed by atoms with Crippen LogP contribution in [0.1, 0.15) is 103 Å². The Labute approximate surface area is 241 Å². The molecule has 214 valence electrons. The lowest BCUT2D eigenvalue weighted by atomic mass is 9.83. The Hall–Kier alpha value is -3.40. The van der Waals surface area contributed by atoms with Crippen molar-refractivity contribution in [2.75, 3.05) is 0 Å². The predicted molar refractivity (Wildman–Crippen MR) is 172 cm³/mol. The molecule has 4 nitrogen and oxygen atoms in total. The summed E-state index contributed by atoms with van der Waals surface area (Å²) < 4.78 is 0. The van der Waals surface area contributed by atoms with Gasteiger partial charge in [-0.3, -0.25) is 9.98 Å². The zero-order valence-corrected chi connectivity index (χ0v) is 26.1. The number of nitrogens with zero attached hydrogens (tertiary/aromatic N) is 2. The summed E-state index contributed by atoms with van der Waals surface area (Å²) in [6, 6.07) is 16.0. The van der Waals surface area contributed by atoms with Crippen LogP contribution in [0.25, 0.3) is 0 Å². The molecule has 0 heterocycles. The van der Waals surface area contributed by atoms with Crippen LogP contribution in [0.5, 0.6) is 11.5 Å². The van der Waals surface area contributed by atoms with E-state index < -0.39 is 0 Å². The number of phenolic OH excluding ortho intramolecular Hbond substituents is 2. The van der Waals surface area contributed by atoms with Gasteiger partial charge in [0.15, 0.2) is 0 Å². The fourth-order valence-corrected chi connectivity index (χ4v) is 4.90. The molecule has 0 spiro atoms. The summed E-state index contributed by atoms with van der Waals surface area (Å²) in [5.74, 6) is 1.59. The van der Waals surface area contributed by atoms with Gasteiger partial charge in [-0.15, -0.1) is 0 Å². The van der Waals surface area contributed by atoms with Crippen molar-refractivity contribution in [3.8, 4) is 11.5 Å². The highest BCUT2D eigenvalue weighted by atomic mass is 16.3. The van der Waals surface area contributed by atoms with Crippen LogP contribution in [0.15, 0.2) is 58.5 Å². The lowest BCUT2D eigenvalue weighted by Crippen LogP contribution is -2.13. The summed E-state index contributed by atoms with van der Waals surface area (Å²) in [6.07, 6.45) is 5.37. The van der Waals surface area contributed by atoms with Crippen LogP contribution in [0.4, 0.5) is 11.4 Å². The van der Waals surface area contributed by atoms with E-state index in [1.165, 1.54) is 11.1 Å². The monoisotopic (exact) mass is 540 g/mol. The molecule has 0 saturated heterocycles. The minimum absolute atomic E-state index is 0.181. The second-order valence-electron chi connectivity index (χ2n) is 13.9. The van der Waals surface area contributed by atoms with E-state index in [4.69, 9.17) is 9.98 Å². The van der Waals surface area contributed by atoms with Gasteiger partial charge in [0, 0.05) is 34.7 Å². The van der Waals surface area contributed by atoms with E-state index in [1.807, 2.05) is 36.4 Å². The third-order valence-electron chi connectivity index (χ3n) is 6.84. The molecule has 0 unspecified atom stereocenters. The van der Waals surface area contributed by atoms with E-state index in [-0.39, 0.29) is 22.3 Å². The first-order chi connectivity index (χ1) is 18.5. The Bertz CT molecular complexity index is 1280. The Balaban J connectivity index is 1.95. The molecule has 3 aromatic rings. The standard InChI is InChI=1S/C36H48N2O2/c1-23(2)14-25-16-27(33(39)31(18-25)35(5,6)7)21-37-29-12-11-13-30(20-29)38-22-28-17-26(15-24(3)4)19-32(34(28)40)36(8,9)10/h11-13,16-24,39-40H,14-15H2,1-10H3. The number of aliphatic imine (C=N–C) groups is 2. The number of benzene rings is 3. The molecule has 0 aliphatic rings. The van der Waals surface area contributed by atoms with Crippen molar-refractivity contribution >= 4 is 23.8 Å². The molecule has 3 rings (SSSR count). The maximum atomic E-state index is 11.1. The van der Waals surface area contributed by atoms with Gasteiger partial charge in [0.2, 0.25) is 0 Å². The van der Waals surface area contributed by atoms with Gasteiger partial charge in [-0.25, -0.2) is 0 Å². The van der Waals surface area contributed by atoms with Crippen LogP contribution < -0.4 is 0 Å². The molecular weight excluding hydrogens is 492 g/mol. The second kappa shape index (κ2) is 12.4. The number of phenols is 2. The molecule has 0 aliphatic heterocycles. The van der Waals surface area contributed by atoms with Crippen molar-refractivity contribution < 1.29 is 10.2 Å². The van der Waals surface area contributed by atoms with Crippen molar-refractivity contribution in [1.82, 2.24) is 0 Å². The summed E-state index contributed by atoms with van der Waals surface area (Å²) in [4.78, 5) is 9.40. The quantitative estimate of drug-likeness (QED) is 0.279. The topological polar surface area (TPSA) is 65.2 Å². The molecule has 0 aliphatic carbocycles. The second-order valence-corrected chi connectivity index (χ2v) is 13.9. The Kier molecular flexibility index (Phi) is 9.66. The van der Waals surface area contributed by atoms with Crippen molar-refractivity contribution in [2.45, 2.75) is 92.9 Å². The highest BCUT2D eigenvalue weighted by Gasteiger charge is 2.22. The zero-order valence-electron chi connectivity index (χ0n) is 26.1. The van der Waals surface area contributed by atoms with Gasteiger partial charge < -0.3 is 10.2 Å². The van der Waals surface area contributed by atoms with Crippen molar-refractivity contribution in [3.63, 3.8) is 0 Å². The largest absolute Gasteiger partial charge is 0.507 e. The van der Waals surface area contributed by atoms with Crippen LogP contribution in [-0.4, -0.2) is 22.6 Å². The van der Waals surface area contributed by atoms with Gasteiger partial charge in [-0.05, 0) is 77.0 Å². The summed E-state index contributed by atoms with van der Waals surface area (Å²) in [7, 11) is 0. The van der Waals surface area contributed by atoms with Gasteiger partial charge in [0.05, 0.1) is 11.4 Å². The molecule has 0 amide bonds. The molecular formula is C36H48N2O2. The van der Waals surface area contributed by atoms with Crippen LogP contribution in [0, 0.1) is 11.8 Å². The highest BCUT2D eigenvalue weighted by molar-refractivity contribution is 5.88. The minimum atomic E-state index is -0.181. The molecule has 0 saturated carbocycles. The SMILES string of the molecule is CC(C)Cc1cc(C=Nc2cccc(N=Cc3cc(CC(C)C)cc(C(C)(C)C)c3O)c2)c(O)c(C(C)(C)C)c1. The average Bonchev–Trinajstić information content (AvgIpc) is 2.82. The van der Waals surface area contributed by atoms with E-state index in [1.54, 1.807) is 12.4 Å². The molecule has 40 heavy (non-hydrogen) atoms.